The second-order valence-corrected chi connectivity index (χ2v) is 8.72. The summed E-state index contributed by atoms with van der Waals surface area (Å²) in [6.45, 7) is 0.929. The molecule has 1 amide bonds. The molecule has 1 saturated carbocycles. The highest BCUT2D eigenvalue weighted by Gasteiger charge is 2.31. The van der Waals surface area contributed by atoms with Gasteiger partial charge in [-0.3, -0.25) is 4.79 Å². The molecule has 1 aliphatic heterocycles. The fourth-order valence-electron chi connectivity index (χ4n) is 2.89. The van der Waals surface area contributed by atoms with E-state index in [2.05, 4.69) is 5.32 Å². The average Bonchev–Trinajstić information content (AvgIpc) is 3.32. The number of hydrogen-bond donors (Lipinski definition) is 1. The molecule has 0 spiro atoms. The summed E-state index contributed by atoms with van der Waals surface area (Å²) in [7, 11) is -3.47. The summed E-state index contributed by atoms with van der Waals surface area (Å²) in [6, 6.07) is 6.62. The maximum Gasteiger partial charge on any atom is 0.243 e. The number of carbonyl (C=O) groups is 1. The average molecular weight is 357 g/mol. The summed E-state index contributed by atoms with van der Waals surface area (Å²) in [5.41, 5.74) is 0. The van der Waals surface area contributed by atoms with E-state index < -0.39 is 10.0 Å². The van der Waals surface area contributed by atoms with Gasteiger partial charge in [-0.1, -0.05) is 11.6 Å². The Morgan fingerprint density at radius 1 is 1.13 bits per heavy atom. The Bertz CT molecular complexity index is 663. The molecule has 1 aromatic carbocycles. The van der Waals surface area contributed by atoms with Crippen molar-refractivity contribution in [3.63, 3.8) is 0 Å². The van der Waals surface area contributed by atoms with Crippen molar-refractivity contribution in [3.05, 3.63) is 29.3 Å². The number of amides is 1. The lowest BCUT2D eigenvalue weighted by atomic mass is 9.94. The third-order valence-corrected chi connectivity index (χ3v) is 6.61. The van der Waals surface area contributed by atoms with Gasteiger partial charge in [-0.2, -0.15) is 4.31 Å². The van der Waals surface area contributed by atoms with Crippen molar-refractivity contribution >= 4 is 27.5 Å². The number of nitrogens with zero attached hydrogens (tertiary/aromatic N) is 1. The second kappa shape index (κ2) is 6.79. The van der Waals surface area contributed by atoms with Crippen molar-refractivity contribution in [2.45, 2.75) is 43.0 Å². The first kappa shape index (κ1) is 16.7. The van der Waals surface area contributed by atoms with Crippen molar-refractivity contribution in [1.29, 1.82) is 0 Å². The van der Waals surface area contributed by atoms with Crippen LogP contribution < -0.4 is 5.32 Å². The van der Waals surface area contributed by atoms with E-state index in [0.717, 1.165) is 25.7 Å². The summed E-state index contributed by atoms with van der Waals surface area (Å²) in [6.07, 6.45) is 4.13. The first-order valence-electron chi connectivity index (χ1n) is 8.00. The van der Waals surface area contributed by atoms with Gasteiger partial charge in [0.05, 0.1) is 4.90 Å². The minimum atomic E-state index is -3.47. The van der Waals surface area contributed by atoms with Crippen LogP contribution in [0.3, 0.4) is 0 Å². The van der Waals surface area contributed by atoms with E-state index in [1.165, 1.54) is 16.4 Å². The van der Waals surface area contributed by atoms with Gasteiger partial charge < -0.3 is 5.32 Å². The first-order chi connectivity index (χ1) is 10.9. The third-order valence-electron chi connectivity index (χ3n) is 4.44. The van der Waals surface area contributed by atoms with Crippen LogP contribution in [0.25, 0.3) is 0 Å². The molecule has 0 unspecified atom stereocenters. The smallest absolute Gasteiger partial charge is 0.243 e. The molecule has 1 aliphatic carbocycles. The van der Waals surface area contributed by atoms with Crippen molar-refractivity contribution in [2.24, 2.45) is 5.92 Å². The lowest BCUT2D eigenvalue weighted by molar-refractivity contribution is -0.122. The van der Waals surface area contributed by atoms with E-state index in [1.807, 2.05) is 0 Å². The number of nitrogens with one attached hydrogen (secondary N) is 1. The van der Waals surface area contributed by atoms with E-state index in [9.17, 15) is 13.2 Å². The molecule has 1 N–H and O–H groups in total. The van der Waals surface area contributed by atoms with Gasteiger partial charge >= 0.3 is 0 Å². The maximum atomic E-state index is 12.6. The van der Waals surface area contributed by atoms with E-state index >= 15 is 0 Å². The third kappa shape index (κ3) is 4.25. The lowest BCUT2D eigenvalue weighted by Crippen LogP contribution is -2.39. The molecule has 5 nitrogen and oxygen atoms in total. The van der Waals surface area contributed by atoms with Crippen LogP contribution in [0.1, 0.15) is 32.1 Å². The van der Waals surface area contributed by atoms with Crippen molar-refractivity contribution in [2.75, 3.05) is 13.1 Å². The number of piperidine rings is 1. The Hall–Kier alpha value is -1.11. The number of sulfonamides is 1. The SMILES string of the molecule is O=C(CC1CCN(S(=O)(=O)c2ccc(Cl)cc2)CC1)NC1CC1. The molecule has 126 valence electrons. The van der Waals surface area contributed by atoms with E-state index in [1.54, 1.807) is 12.1 Å². The van der Waals surface area contributed by atoms with E-state index in [0.29, 0.717) is 30.6 Å². The molecule has 0 aromatic heterocycles. The minimum Gasteiger partial charge on any atom is -0.353 e. The van der Waals surface area contributed by atoms with Crippen LogP contribution >= 0.6 is 11.6 Å². The second-order valence-electron chi connectivity index (χ2n) is 6.35. The molecule has 2 fully saturated rings. The molecule has 3 rings (SSSR count). The Balaban J connectivity index is 1.55. The van der Waals surface area contributed by atoms with Gasteiger partial charge in [0.2, 0.25) is 15.9 Å². The molecular formula is C16H21ClN2O3S. The lowest BCUT2D eigenvalue weighted by Gasteiger charge is -2.31. The van der Waals surface area contributed by atoms with Crippen LogP contribution in [0.15, 0.2) is 29.2 Å². The number of rotatable bonds is 5. The topological polar surface area (TPSA) is 66.5 Å². The van der Waals surface area contributed by atoms with Gasteiger partial charge in [-0.15, -0.1) is 0 Å². The maximum absolute atomic E-state index is 12.6. The molecule has 1 heterocycles. The van der Waals surface area contributed by atoms with Gasteiger partial charge in [0.15, 0.2) is 0 Å². The summed E-state index contributed by atoms with van der Waals surface area (Å²) in [5.74, 6) is 0.372. The highest BCUT2D eigenvalue weighted by Crippen LogP contribution is 2.27. The molecule has 2 aliphatic rings. The van der Waals surface area contributed by atoms with Gasteiger partial charge in [-0.05, 0) is 55.9 Å². The van der Waals surface area contributed by atoms with Gasteiger partial charge in [0.25, 0.3) is 0 Å². The van der Waals surface area contributed by atoms with E-state index in [4.69, 9.17) is 11.6 Å². The zero-order valence-corrected chi connectivity index (χ0v) is 14.4. The Morgan fingerprint density at radius 2 is 1.74 bits per heavy atom. The Labute approximate surface area is 142 Å². The standard InChI is InChI=1S/C16H21ClN2O3S/c17-13-1-5-15(6-2-13)23(21,22)19-9-7-12(8-10-19)11-16(20)18-14-3-4-14/h1-2,5-6,12,14H,3-4,7-11H2,(H,18,20). The summed E-state index contributed by atoms with van der Waals surface area (Å²) in [5, 5.41) is 3.51. The largest absolute Gasteiger partial charge is 0.353 e. The number of halogens is 1. The Morgan fingerprint density at radius 3 is 2.30 bits per heavy atom. The van der Waals surface area contributed by atoms with Crippen LogP contribution in [0.4, 0.5) is 0 Å². The highest BCUT2D eigenvalue weighted by molar-refractivity contribution is 7.89. The molecule has 0 radical (unpaired) electrons. The van der Waals surface area contributed by atoms with Crippen LogP contribution in [0.2, 0.25) is 5.02 Å². The number of carbonyl (C=O) groups excluding carboxylic acids is 1. The molecule has 7 heteroatoms. The van der Waals surface area contributed by atoms with E-state index in [-0.39, 0.29) is 16.7 Å². The van der Waals surface area contributed by atoms with Gasteiger partial charge in [0.1, 0.15) is 0 Å². The van der Waals surface area contributed by atoms with Crippen LogP contribution in [0.5, 0.6) is 0 Å². The van der Waals surface area contributed by atoms with Crippen molar-refractivity contribution < 1.29 is 13.2 Å². The highest BCUT2D eigenvalue weighted by atomic mass is 35.5. The van der Waals surface area contributed by atoms with Crippen molar-refractivity contribution in [3.8, 4) is 0 Å². The number of benzene rings is 1. The molecule has 23 heavy (non-hydrogen) atoms. The summed E-state index contributed by atoms with van der Waals surface area (Å²) < 4.78 is 26.7. The molecule has 1 saturated heterocycles. The monoisotopic (exact) mass is 356 g/mol. The zero-order valence-electron chi connectivity index (χ0n) is 12.9. The fraction of sp³-hybridized carbons (Fsp3) is 0.562. The fourth-order valence-corrected chi connectivity index (χ4v) is 4.48. The van der Waals surface area contributed by atoms with Crippen LogP contribution in [-0.2, 0) is 14.8 Å². The first-order valence-corrected chi connectivity index (χ1v) is 9.82. The molecular weight excluding hydrogens is 336 g/mol. The predicted molar refractivity (Wildman–Crippen MR) is 88.7 cm³/mol. The molecule has 1 aromatic rings. The summed E-state index contributed by atoms with van der Waals surface area (Å²) in [4.78, 5) is 12.1. The normalized spacial score (nSPS) is 20.4. The van der Waals surface area contributed by atoms with Crippen LogP contribution in [-0.4, -0.2) is 37.8 Å². The van der Waals surface area contributed by atoms with Gasteiger partial charge in [0, 0.05) is 30.6 Å². The summed E-state index contributed by atoms with van der Waals surface area (Å²) >= 11 is 5.81. The van der Waals surface area contributed by atoms with Crippen LogP contribution in [0, 0.1) is 5.92 Å². The molecule has 0 bridgehead atoms. The van der Waals surface area contributed by atoms with Crippen molar-refractivity contribution in [1.82, 2.24) is 9.62 Å². The van der Waals surface area contributed by atoms with Gasteiger partial charge in [-0.25, -0.2) is 8.42 Å². The minimum absolute atomic E-state index is 0.103. The molecule has 0 atom stereocenters. The zero-order chi connectivity index (χ0) is 16.4. The predicted octanol–water partition coefficient (Wildman–Crippen LogP) is 2.41. The number of hydrogen-bond acceptors (Lipinski definition) is 3. The quantitative estimate of drug-likeness (QED) is 0.881. The Kier molecular flexibility index (Phi) is 4.94.